The van der Waals surface area contributed by atoms with Gasteiger partial charge in [-0.15, -0.1) is 0 Å². The van der Waals surface area contributed by atoms with E-state index in [2.05, 4.69) is 10.3 Å². The summed E-state index contributed by atoms with van der Waals surface area (Å²) >= 11 is 0. The molecule has 0 atom stereocenters. The van der Waals surface area contributed by atoms with Gasteiger partial charge in [-0.05, 0) is 35.9 Å². The molecule has 0 saturated heterocycles. The number of hydrogen-bond acceptors (Lipinski definition) is 4. The first-order valence-electron chi connectivity index (χ1n) is 7.19. The maximum absolute atomic E-state index is 11.2. The lowest BCUT2D eigenvalue weighted by atomic mass is 10.2. The van der Waals surface area contributed by atoms with Crippen molar-refractivity contribution in [2.45, 2.75) is 11.3 Å². The van der Waals surface area contributed by atoms with Gasteiger partial charge in [0, 0.05) is 17.3 Å². The van der Waals surface area contributed by atoms with E-state index >= 15 is 0 Å². The number of pyridine rings is 1. The fourth-order valence-corrected chi connectivity index (χ4v) is 3.23. The van der Waals surface area contributed by atoms with Crippen LogP contribution in [0.1, 0.15) is 5.56 Å². The second-order valence-electron chi connectivity index (χ2n) is 5.25. The molecule has 7 heteroatoms. The molecule has 6 nitrogen and oxygen atoms in total. The lowest BCUT2D eigenvalue weighted by Crippen LogP contribution is -2.12. The monoisotopic (exact) mass is 341 g/mol. The molecule has 0 saturated carbocycles. The highest BCUT2D eigenvalue weighted by Crippen LogP contribution is 2.21. The maximum atomic E-state index is 11.2. The molecule has 122 valence electrons. The zero-order valence-electron chi connectivity index (χ0n) is 12.6. The molecule has 0 spiro atoms. The molecule has 0 bridgehead atoms. The Morgan fingerprint density at radius 2 is 1.79 bits per heavy atom. The predicted molar refractivity (Wildman–Crippen MR) is 91.9 cm³/mol. The van der Waals surface area contributed by atoms with E-state index in [1.807, 2.05) is 24.3 Å². The van der Waals surface area contributed by atoms with Crippen molar-refractivity contribution in [3.63, 3.8) is 0 Å². The quantitative estimate of drug-likeness (QED) is 0.707. The number of amides is 1. The number of sulfonamides is 1. The average molecular weight is 341 g/mol. The Balaban J connectivity index is 0.000000149. The highest BCUT2D eigenvalue weighted by molar-refractivity contribution is 7.89. The largest absolute Gasteiger partial charge is 0.326 e. The molecule has 2 heterocycles. The lowest BCUT2D eigenvalue weighted by Gasteiger charge is -2.02. The normalized spacial score (nSPS) is 13.0. The van der Waals surface area contributed by atoms with E-state index in [9.17, 15) is 13.2 Å². The lowest BCUT2D eigenvalue weighted by molar-refractivity contribution is -0.115. The van der Waals surface area contributed by atoms with Crippen LogP contribution in [0.25, 0.3) is 10.9 Å². The fraction of sp³-hybridized carbons (Fsp3) is 0.0588. The van der Waals surface area contributed by atoms with Gasteiger partial charge in [0.05, 0.1) is 16.8 Å². The summed E-state index contributed by atoms with van der Waals surface area (Å²) in [5.41, 5.74) is 2.69. The van der Waals surface area contributed by atoms with E-state index in [4.69, 9.17) is 5.14 Å². The van der Waals surface area contributed by atoms with Crippen molar-refractivity contribution in [3.8, 4) is 0 Å². The van der Waals surface area contributed by atoms with Crippen LogP contribution in [0.5, 0.6) is 0 Å². The summed E-state index contributed by atoms with van der Waals surface area (Å²) in [5, 5.41) is 8.38. The number of aromatic nitrogens is 1. The number of carbonyl (C=O) groups is 1. The third kappa shape index (κ3) is 3.42. The van der Waals surface area contributed by atoms with Crippen LogP contribution in [-0.2, 0) is 21.2 Å². The Labute approximate surface area is 139 Å². The molecule has 2 aromatic carbocycles. The van der Waals surface area contributed by atoms with Crippen molar-refractivity contribution in [2.24, 2.45) is 5.14 Å². The van der Waals surface area contributed by atoms with Crippen LogP contribution < -0.4 is 10.5 Å². The smallest absolute Gasteiger partial charge is 0.238 e. The third-order valence-corrected chi connectivity index (χ3v) is 4.52. The minimum atomic E-state index is -3.67. The maximum Gasteiger partial charge on any atom is 0.238 e. The van der Waals surface area contributed by atoms with Gasteiger partial charge in [-0.1, -0.05) is 24.3 Å². The zero-order chi connectivity index (χ0) is 17.2. The molecule has 1 amide bonds. The first-order valence-corrected chi connectivity index (χ1v) is 8.74. The number of rotatable bonds is 1. The zero-order valence-corrected chi connectivity index (χ0v) is 13.5. The number of carbonyl (C=O) groups excluding carboxylic acids is 1. The number of anilines is 1. The molecule has 1 aliphatic rings. The number of fused-ring (bicyclic) bond motifs is 2. The second-order valence-corrected chi connectivity index (χ2v) is 6.78. The molecule has 0 fully saturated rings. The highest BCUT2D eigenvalue weighted by Gasteiger charge is 2.15. The Hall–Kier alpha value is -2.77. The summed E-state index contributed by atoms with van der Waals surface area (Å²) in [5.74, 6) is 0.0983. The van der Waals surface area contributed by atoms with E-state index < -0.39 is 10.0 Å². The van der Waals surface area contributed by atoms with Gasteiger partial charge < -0.3 is 5.32 Å². The molecule has 24 heavy (non-hydrogen) atoms. The first kappa shape index (κ1) is 16.1. The van der Waals surface area contributed by atoms with Crippen LogP contribution in [0.4, 0.5) is 5.69 Å². The van der Waals surface area contributed by atoms with Crippen LogP contribution in [0.15, 0.2) is 65.7 Å². The van der Waals surface area contributed by atoms with Crippen molar-refractivity contribution < 1.29 is 13.2 Å². The van der Waals surface area contributed by atoms with Crippen LogP contribution in [0.3, 0.4) is 0 Å². The Morgan fingerprint density at radius 3 is 2.54 bits per heavy atom. The molecule has 1 aliphatic heterocycles. The molecule has 0 aliphatic carbocycles. The van der Waals surface area contributed by atoms with Gasteiger partial charge in [-0.25, -0.2) is 13.6 Å². The number of nitrogens with zero attached hydrogens (tertiary/aromatic N) is 1. The van der Waals surface area contributed by atoms with Crippen LogP contribution in [0.2, 0.25) is 0 Å². The Morgan fingerprint density at radius 1 is 1.00 bits per heavy atom. The standard InChI is InChI=1S/C9H8N2O2S.C8H7NO/c10-14(12,13)9-5-1-4-8-7(9)3-2-6-11-8;10-8-5-6-3-1-2-4-7(6)9-8/h1-6H,(H2,10,12,13);1-4H,5H2,(H,9,10). The van der Waals surface area contributed by atoms with Gasteiger partial charge in [-0.2, -0.15) is 0 Å². The van der Waals surface area contributed by atoms with Crippen molar-refractivity contribution in [1.29, 1.82) is 0 Å². The summed E-state index contributed by atoms with van der Waals surface area (Å²) in [7, 11) is -3.67. The molecule has 3 N–H and O–H groups in total. The van der Waals surface area contributed by atoms with Gasteiger partial charge in [0.2, 0.25) is 15.9 Å². The SMILES string of the molecule is NS(=O)(=O)c1cccc2ncccc12.O=C1Cc2ccccc2N1. The van der Waals surface area contributed by atoms with Gasteiger partial charge in [-0.3, -0.25) is 9.78 Å². The van der Waals surface area contributed by atoms with Crippen molar-refractivity contribution in [3.05, 3.63) is 66.4 Å². The van der Waals surface area contributed by atoms with Gasteiger partial charge in [0.15, 0.2) is 0 Å². The number of benzene rings is 2. The van der Waals surface area contributed by atoms with Crippen LogP contribution in [-0.4, -0.2) is 19.3 Å². The van der Waals surface area contributed by atoms with E-state index in [1.54, 1.807) is 30.5 Å². The molecule has 0 radical (unpaired) electrons. The number of primary sulfonamides is 1. The summed E-state index contributed by atoms with van der Waals surface area (Å²) in [6.45, 7) is 0. The molecule has 4 rings (SSSR count). The van der Waals surface area contributed by atoms with Crippen molar-refractivity contribution in [1.82, 2.24) is 4.98 Å². The minimum absolute atomic E-state index is 0.0983. The van der Waals surface area contributed by atoms with Gasteiger partial charge in [0.25, 0.3) is 0 Å². The van der Waals surface area contributed by atoms with Gasteiger partial charge in [0.1, 0.15) is 0 Å². The second kappa shape index (κ2) is 6.38. The van der Waals surface area contributed by atoms with E-state index in [-0.39, 0.29) is 10.8 Å². The summed E-state index contributed by atoms with van der Waals surface area (Å²) in [4.78, 5) is 14.9. The third-order valence-electron chi connectivity index (χ3n) is 3.55. The van der Waals surface area contributed by atoms with E-state index in [0.29, 0.717) is 17.3 Å². The highest BCUT2D eigenvalue weighted by atomic mass is 32.2. The summed E-state index contributed by atoms with van der Waals surface area (Å²) in [6, 6.07) is 15.9. The predicted octanol–water partition coefficient (Wildman–Crippen LogP) is 2.06. The van der Waals surface area contributed by atoms with E-state index in [0.717, 1.165) is 11.3 Å². The Kier molecular flexibility index (Phi) is 4.28. The summed E-state index contributed by atoms with van der Waals surface area (Å²) in [6.07, 6.45) is 2.14. The molecule has 1 aromatic heterocycles. The number of nitrogens with two attached hydrogens (primary N) is 1. The van der Waals surface area contributed by atoms with E-state index in [1.165, 1.54) is 6.07 Å². The molecular weight excluding hydrogens is 326 g/mol. The molecular formula is C17H15N3O3S. The number of hydrogen-bond donors (Lipinski definition) is 2. The summed E-state index contributed by atoms with van der Waals surface area (Å²) < 4.78 is 22.4. The fourth-order valence-electron chi connectivity index (χ4n) is 2.49. The van der Waals surface area contributed by atoms with Gasteiger partial charge >= 0.3 is 0 Å². The average Bonchev–Trinajstić information content (AvgIpc) is 2.94. The topological polar surface area (TPSA) is 102 Å². The first-order chi connectivity index (χ1) is 11.4. The molecule has 3 aromatic rings. The molecule has 0 unspecified atom stereocenters. The minimum Gasteiger partial charge on any atom is -0.326 e. The van der Waals surface area contributed by atoms with Crippen molar-refractivity contribution >= 4 is 32.5 Å². The van der Waals surface area contributed by atoms with Crippen molar-refractivity contribution in [2.75, 3.05) is 5.32 Å². The number of nitrogens with one attached hydrogen (secondary N) is 1. The number of para-hydroxylation sites is 1. The Bertz CT molecular complexity index is 984. The van der Waals surface area contributed by atoms with Crippen LogP contribution >= 0.6 is 0 Å². The van der Waals surface area contributed by atoms with Crippen LogP contribution in [0, 0.1) is 0 Å².